The Labute approximate surface area is 206 Å². The van der Waals surface area contributed by atoms with Crippen LogP contribution in [0.4, 0.5) is 15.9 Å². The lowest BCUT2D eigenvalue weighted by molar-refractivity contribution is 0.413. The Morgan fingerprint density at radius 3 is 2.66 bits per heavy atom. The first kappa shape index (κ1) is 24.1. The minimum Gasteiger partial charge on any atom is -0.508 e. The van der Waals surface area contributed by atoms with E-state index in [1.165, 1.54) is 12.1 Å². The van der Waals surface area contributed by atoms with Crippen molar-refractivity contribution in [1.82, 2.24) is 20.5 Å². The van der Waals surface area contributed by atoms with E-state index in [4.69, 9.17) is 10.5 Å². The summed E-state index contributed by atoms with van der Waals surface area (Å²) in [6.45, 7) is 3.44. The van der Waals surface area contributed by atoms with Gasteiger partial charge in [0.25, 0.3) is 0 Å². The zero-order valence-corrected chi connectivity index (χ0v) is 19.6. The lowest BCUT2D eigenvalue weighted by Gasteiger charge is -2.30. The summed E-state index contributed by atoms with van der Waals surface area (Å²) in [5.74, 6) is -0.0349. The number of aromatic nitrogens is 3. The molecule has 0 saturated carbocycles. The largest absolute Gasteiger partial charge is 0.508 e. The molecule has 1 saturated heterocycles. The molecule has 1 aliphatic heterocycles. The molecule has 0 unspecified atom stereocenters. The van der Waals surface area contributed by atoms with Crippen LogP contribution in [0.25, 0.3) is 33.4 Å². The molecule has 9 nitrogen and oxygen atoms in total. The van der Waals surface area contributed by atoms with E-state index < -0.39 is 5.82 Å². The first-order valence-electron chi connectivity index (χ1n) is 10.7. The summed E-state index contributed by atoms with van der Waals surface area (Å²) < 4.78 is 20.5. The molecule has 11 heteroatoms. The van der Waals surface area contributed by atoms with Crippen LogP contribution in [0.15, 0.2) is 36.4 Å². The summed E-state index contributed by atoms with van der Waals surface area (Å²) in [4.78, 5) is 6.67. The van der Waals surface area contributed by atoms with Crippen LogP contribution < -0.4 is 20.7 Å². The average molecular weight is 496 g/mol. The molecule has 4 aromatic rings. The van der Waals surface area contributed by atoms with E-state index in [2.05, 4.69) is 31.5 Å². The number of rotatable bonds is 4. The van der Waals surface area contributed by atoms with Gasteiger partial charge in [0.2, 0.25) is 0 Å². The second kappa shape index (κ2) is 9.66. The van der Waals surface area contributed by atoms with Crippen LogP contribution >= 0.6 is 12.4 Å². The molecule has 180 valence electrons. The number of hydrogen-bond acceptors (Lipinski definition) is 8. The summed E-state index contributed by atoms with van der Waals surface area (Å²) in [5, 5.41) is 30.5. The second-order valence-corrected chi connectivity index (χ2v) is 7.95. The molecular formula is C24H23ClFN7O2. The molecule has 0 spiro atoms. The molecule has 3 heterocycles. The third-order valence-electron chi connectivity index (χ3n) is 5.98. The Morgan fingerprint density at radius 1 is 1.20 bits per heavy atom. The van der Waals surface area contributed by atoms with E-state index in [0.29, 0.717) is 22.3 Å². The quantitative estimate of drug-likeness (QED) is 0.338. The number of aromatic amines is 1. The number of piperazine rings is 1. The molecular weight excluding hydrogens is 473 g/mol. The number of benzene rings is 2. The number of aromatic hydroxyl groups is 1. The first-order valence-corrected chi connectivity index (χ1v) is 10.7. The van der Waals surface area contributed by atoms with Crippen LogP contribution in [0.2, 0.25) is 0 Å². The van der Waals surface area contributed by atoms with Crippen LogP contribution in [-0.2, 0) is 0 Å². The van der Waals surface area contributed by atoms with E-state index in [-0.39, 0.29) is 46.4 Å². The third-order valence-corrected chi connectivity index (χ3v) is 5.98. The Balaban J connectivity index is 0.00000289. The molecule has 5 N–H and O–H groups in total. The van der Waals surface area contributed by atoms with Crippen LogP contribution in [0.3, 0.4) is 0 Å². The van der Waals surface area contributed by atoms with Crippen molar-refractivity contribution in [3.63, 3.8) is 0 Å². The summed E-state index contributed by atoms with van der Waals surface area (Å²) in [6, 6.07) is 11.6. The van der Waals surface area contributed by atoms with Crippen molar-refractivity contribution < 1.29 is 14.2 Å². The van der Waals surface area contributed by atoms with Crippen LogP contribution in [0.5, 0.6) is 11.5 Å². The van der Waals surface area contributed by atoms with Gasteiger partial charge in [-0.25, -0.2) is 9.37 Å². The number of nitrogens with zero attached hydrogens (tertiary/aromatic N) is 4. The lowest BCUT2D eigenvalue weighted by atomic mass is 9.93. The number of anilines is 2. The Hall–Kier alpha value is -4.07. The standard InChI is InChI=1S/C24H22FN7O2.ClH/c1-34-19-10-13(2-5-18(19)32-8-6-28-7-9-32)20-16(12-26)22(15-4-3-14(33)11-17(15)25)29-24-21(20)23(27)30-31-24;/h2-5,10-11,28,33H,6-9H2,1H3,(H3,27,29,30,31);1H. The van der Waals surface area contributed by atoms with Crippen LogP contribution in [0, 0.1) is 17.1 Å². The highest BCUT2D eigenvalue weighted by Crippen LogP contribution is 2.42. The van der Waals surface area contributed by atoms with Crippen LogP contribution in [-0.4, -0.2) is 53.6 Å². The normalized spacial score (nSPS) is 13.3. The van der Waals surface area contributed by atoms with Gasteiger partial charge in [0.15, 0.2) is 5.65 Å². The van der Waals surface area contributed by atoms with Gasteiger partial charge in [0.05, 0.1) is 29.4 Å². The molecule has 0 bridgehead atoms. The number of nitrogens with one attached hydrogen (secondary N) is 2. The van der Waals surface area contributed by atoms with Gasteiger partial charge < -0.3 is 25.8 Å². The van der Waals surface area contributed by atoms with E-state index in [1.54, 1.807) is 7.11 Å². The Kier molecular flexibility index (Phi) is 6.64. The summed E-state index contributed by atoms with van der Waals surface area (Å²) in [5.41, 5.74) is 8.83. The zero-order valence-electron chi connectivity index (χ0n) is 18.8. The van der Waals surface area contributed by atoms with Crippen molar-refractivity contribution in [1.29, 1.82) is 5.26 Å². The smallest absolute Gasteiger partial charge is 0.184 e. The predicted molar refractivity (Wildman–Crippen MR) is 134 cm³/mol. The molecule has 2 aromatic carbocycles. The number of nitrogen functional groups attached to an aromatic ring is 1. The Morgan fingerprint density at radius 2 is 1.97 bits per heavy atom. The summed E-state index contributed by atoms with van der Waals surface area (Å²) >= 11 is 0. The monoisotopic (exact) mass is 495 g/mol. The zero-order chi connectivity index (χ0) is 23.8. The lowest BCUT2D eigenvalue weighted by Crippen LogP contribution is -2.43. The molecule has 35 heavy (non-hydrogen) atoms. The average Bonchev–Trinajstić information content (AvgIpc) is 3.23. The van der Waals surface area contributed by atoms with Gasteiger partial charge in [0, 0.05) is 43.4 Å². The second-order valence-electron chi connectivity index (χ2n) is 7.95. The Bertz CT molecular complexity index is 1440. The van der Waals surface area contributed by atoms with E-state index >= 15 is 0 Å². The minimum atomic E-state index is -0.704. The highest BCUT2D eigenvalue weighted by atomic mass is 35.5. The fourth-order valence-corrected chi connectivity index (χ4v) is 4.37. The van der Waals surface area contributed by atoms with E-state index in [1.807, 2.05) is 18.2 Å². The minimum absolute atomic E-state index is 0. The van der Waals surface area contributed by atoms with Gasteiger partial charge in [0.1, 0.15) is 29.2 Å². The topological polar surface area (TPSA) is 136 Å². The number of phenols is 1. The fourth-order valence-electron chi connectivity index (χ4n) is 4.37. The molecule has 0 radical (unpaired) electrons. The van der Waals surface area contributed by atoms with Crippen molar-refractivity contribution in [2.45, 2.75) is 0 Å². The van der Waals surface area contributed by atoms with Crippen molar-refractivity contribution in [3.8, 4) is 40.0 Å². The van der Waals surface area contributed by atoms with Gasteiger partial charge in [-0.2, -0.15) is 10.4 Å². The molecule has 0 amide bonds. The van der Waals surface area contributed by atoms with Gasteiger partial charge in [-0.15, -0.1) is 12.4 Å². The van der Waals surface area contributed by atoms with Gasteiger partial charge in [-0.1, -0.05) is 6.07 Å². The number of halogens is 2. The molecule has 1 fully saturated rings. The fraction of sp³-hybridized carbons (Fsp3) is 0.208. The van der Waals surface area contributed by atoms with Crippen molar-refractivity contribution in [3.05, 3.63) is 47.8 Å². The third kappa shape index (κ3) is 4.16. The number of ether oxygens (including phenoxy) is 1. The van der Waals surface area contributed by atoms with Crippen molar-refractivity contribution >= 4 is 34.9 Å². The summed E-state index contributed by atoms with van der Waals surface area (Å²) in [6.07, 6.45) is 0. The number of hydrogen-bond donors (Lipinski definition) is 4. The van der Waals surface area contributed by atoms with E-state index in [9.17, 15) is 14.8 Å². The maximum Gasteiger partial charge on any atom is 0.184 e. The predicted octanol–water partition coefficient (Wildman–Crippen LogP) is 3.43. The number of nitrogens with two attached hydrogens (primary N) is 1. The molecule has 0 aliphatic carbocycles. The molecule has 0 atom stereocenters. The maximum atomic E-state index is 14.8. The molecule has 2 aromatic heterocycles. The maximum absolute atomic E-state index is 14.8. The number of fused-ring (bicyclic) bond motifs is 1. The number of nitriles is 1. The van der Waals surface area contributed by atoms with Crippen molar-refractivity contribution in [2.24, 2.45) is 0 Å². The molecule has 5 rings (SSSR count). The van der Waals surface area contributed by atoms with Crippen molar-refractivity contribution in [2.75, 3.05) is 43.9 Å². The number of pyridine rings is 1. The van der Waals surface area contributed by atoms with Gasteiger partial charge in [-0.3, -0.25) is 5.10 Å². The highest BCUT2D eigenvalue weighted by Gasteiger charge is 2.24. The highest BCUT2D eigenvalue weighted by molar-refractivity contribution is 6.05. The van der Waals surface area contributed by atoms with Gasteiger partial charge >= 0.3 is 0 Å². The van der Waals surface area contributed by atoms with E-state index in [0.717, 1.165) is 37.9 Å². The number of phenolic OH excluding ortho intramolecular Hbond substituents is 1. The summed E-state index contributed by atoms with van der Waals surface area (Å²) in [7, 11) is 1.60. The SMILES string of the molecule is COc1cc(-c2c(C#N)c(-c3ccc(O)cc3F)nc3n[nH]c(N)c23)ccc1N1CCNCC1.Cl. The van der Waals surface area contributed by atoms with Crippen LogP contribution in [0.1, 0.15) is 5.56 Å². The number of H-pyrrole nitrogens is 1. The number of methoxy groups -OCH3 is 1. The molecule has 1 aliphatic rings. The first-order chi connectivity index (χ1) is 16.5. The van der Waals surface area contributed by atoms with Gasteiger partial charge in [-0.05, 0) is 29.8 Å².